The highest BCUT2D eigenvalue weighted by molar-refractivity contribution is 4.90. The Labute approximate surface area is 62.2 Å². The van der Waals surface area contributed by atoms with Crippen LogP contribution in [0.4, 0.5) is 0 Å². The molecule has 0 aliphatic heterocycles. The SMILES string of the molecule is COC1(C(C)O)CCCC1. The predicted octanol–water partition coefficient (Wildman–Crippen LogP) is 1.33. The van der Waals surface area contributed by atoms with Gasteiger partial charge in [0.25, 0.3) is 0 Å². The molecule has 1 fully saturated rings. The van der Waals surface area contributed by atoms with E-state index in [-0.39, 0.29) is 11.7 Å². The Balaban J connectivity index is 2.58. The summed E-state index contributed by atoms with van der Waals surface area (Å²) in [4.78, 5) is 0. The molecule has 0 aromatic rings. The van der Waals surface area contributed by atoms with Crippen molar-refractivity contribution >= 4 is 0 Å². The van der Waals surface area contributed by atoms with Gasteiger partial charge in [-0.1, -0.05) is 12.8 Å². The highest BCUT2D eigenvalue weighted by Gasteiger charge is 2.38. The molecule has 1 N–H and O–H groups in total. The van der Waals surface area contributed by atoms with Crippen molar-refractivity contribution in [3.05, 3.63) is 0 Å². The number of hydrogen-bond donors (Lipinski definition) is 1. The van der Waals surface area contributed by atoms with E-state index in [0.29, 0.717) is 0 Å². The van der Waals surface area contributed by atoms with Gasteiger partial charge in [0.15, 0.2) is 0 Å². The molecular formula is C8H16O2. The molecule has 2 heteroatoms. The maximum absolute atomic E-state index is 9.38. The van der Waals surface area contributed by atoms with Crippen molar-refractivity contribution in [2.24, 2.45) is 0 Å². The number of aliphatic hydroxyl groups excluding tert-OH is 1. The van der Waals surface area contributed by atoms with Crippen LogP contribution in [0.5, 0.6) is 0 Å². The normalized spacial score (nSPS) is 26.7. The fourth-order valence-corrected chi connectivity index (χ4v) is 1.77. The molecule has 0 bridgehead atoms. The van der Waals surface area contributed by atoms with E-state index in [1.165, 1.54) is 12.8 Å². The Morgan fingerprint density at radius 2 is 1.90 bits per heavy atom. The van der Waals surface area contributed by atoms with Crippen LogP contribution >= 0.6 is 0 Å². The van der Waals surface area contributed by atoms with Gasteiger partial charge in [-0.2, -0.15) is 0 Å². The van der Waals surface area contributed by atoms with Gasteiger partial charge in [-0.15, -0.1) is 0 Å². The van der Waals surface area contributed by atoms with Crippen molar-refractivity contribution in [1.29, 1.82) is 0 Å². The lowest BCUT2D eigenvalue weighted by molar-refractivity contribution is -0.0898. The van der Waals surface area contributed by atoms with E-state index in [4.69, 9.17) is 4.74 Å². The highest BCUT2D eigenvalue weighted by atomic mass is 16.5. The molecule has 0 amide bonds. The third-order valence-electron chi connectivity index (χ3n) is 2.62. The first kappa shape index (κ1) is 8.02. The van der Waals surface area contributed by atoms with Crippen molar-refractivity contribution in [3.8, 4) is 0 Å². The van der Waals surface area contributed by atoms with Crippen molar-refractivity contribution in [2.75, 3.05) is 7.11 Å². The third kappa shape index (κ3) is 1.18. The van der Waals surface area contributed by atoms with Gasteiger partial charge in [0.1, 0.15) is 0 Å². The Kier molecular flexibility index (Phi) is 2.32. The minimum absolute atomic E-state index is 0.208. The zero-order valence-electron chi connectivity index (χ0n) is 6.76. The Bertz CT molecular complexity index is 104. The first-order valence-electron chi connectivity index (χ1n) is 3.94. The Morgan fingerprint density at radius 3 is 2.10 bits per heavy atom. The van der Waals surface area contributed by atoms with Crippen LogP contribution in [-0.4, -0.2) is 23.9 Å². The van der Waals surface area contributed by atoms with E-state index in [1.54, 1.807) is 7.11 Å². The molecule has 2 nitrogen and oxygen atoms in total. The highest BCUT2D eigenvalue weighted by Crippen LogP contribution is 2.35. The zero-order chi connectivity index (χ0) is 7.61. The molecule has 0 spiro atoms. The number of rotatable bonds is 2. The van der Waals surface area contributed by atoms with Crippen LogP contribution in [0.15, 0.2) is 0 Å². The second-order valence-electron chi connectivity index (χ2n) is 3.15. The quantitative estimate of drug-likeness (QED) is 0.633. The summed E-state index contributed by atoms with van der Waals surface area (Å²) in [7, 11) is 1.69. The molecule has 1 aliphatic rings. The minimum Gasteiger partial charge on any atom is -0.390 e. The molecule has 1 saturated carbocycles. The molecule has 0 radical (unpaired) electrons. The molecule has 0 aromatic heterocycles. The van der Waals surface area contributed by atoms with Gasteiger partial charge in [-0.05, 0) is 19.8 Å². The summed E-state index contributed by atoms with van der Waals surface area (Å²) in [6.07, 6.45) is 4.10. The summed E-state index contributed by atoms with van der Waals surface area (Å²) >= 11 is 0. The lowest BCUT2D eigenvalue weighted by Crippen LogP contribution is -2.39. The van der Waals surface area contributed by atoms with Gasteiger partial charge < -0.3 is 9.84 Å². The van der Waals surface area contributed by atoms with E-state index in [2.05, 4.69) is 0 Å². The maximum atomic E-state index is 9.38. The molecular weight excluding hydrogens is 128 g/mol. The summed E-state index contributed by atoms with van der Waals surface area (Å²) in [6.45, 7) is 1.81. The standard InChI is InChI=1S/C8H16O2/c1-7(9)8(10-2)5-3-4-6-8/h7,9H,3-6H2,1-2H3. The second kappa shape index (κ2) is 2.89. The smallest absolute Gasteiger partial charge is 0.0933 e. The molecule has 1 unspecified atom stereocenters. The van der Waals surface area contributed by atoms with E-state index in [9.17, 15) is 5.11 Å². The number of methoxy groups -OCH3 is 1. The van der Waals surface area contributed by atoms with Crippen molar-refractivity contribution < 1.29 is 9.84 Å². The summed E-state index contributed by atoms with van der Waals surface area (Å²) in [5, 5.41) is 9.38. The van der Waals surface area contributed by atoms with Gasteiger partial charge in [-0.3, -0.25) is 0 Å². The van der Waals surface area contributed by atoms with Gasteiger partial charge in [0, 0.05) is 7.11 Å². The van der Waals surface area contributed by atoms with Gasteiger partial charge in [-0.25, -0.2) is 0 Å². The first-order chi connectivity index (χ1) is 4.71. The number of hydrogen-bond acceptors (Lipinski definition) is 2. The molecule has 1 atom stereocenters. The van der Waals surface area contributed by atoms with Crippen molar-refractivity contribution in [2.45, 2.75) is 44.3 Å². The van der Waals surface area contributed by atoms with Crippen LogP contribution in [0.3, 0.4) is 0 Å². The van der Waals surface area contributed by atoms with E-state index in [0.717, 1.165) is 12.8 Å². The fraction of sp³-hybridized carbons (Fsp3) is 1.00. The van der Waals surface area contributed by atoms with Crippen molar-refractivity contribution in [3.63, 3.8) is 0 Å². The topological polar surface area (TPSA) is 29.5 Å². The van der Waals surface area contributed by atoms with E-state index < -0.39 is 0 Å². The Morgan fingerprint density at radius 1 is 1.40 bits per heavy atom. The molecule has 0 heterocycles. The summed E-state index contributed by atoms with van der Waals surface area (Å²) in [5.41, 5.74) is -0.208. The predicted molar refractivity (Wildman–Crippen MR) is 39.9 cm³/mol. The largest absolute Gasteiger partial charge is 0.390 e. The third-order valence-corrected chi connectivity index (χ3v) is 2.62. The first-order valence-corrected chi connectivity index (χ1v) is 3.94. The molecule has 0 saturated heterocycles. The average Bonchev–Trinajstić information content (AvgIpc) is 2.35. The maximum Gasteiger partial charge on any atom is 0.0933 e. The van der Waals surface area contributed by atoms with Crippen molar-refractivity contribution in [1.82, 2.24) is 0 Å². The molecule has 1 rings (SSSR count). The molecule has 10 heavy (non-hydrogen) atoms. The summed E-state index contributed by atoms with van der Waals surface area (Å²) in [5.74, 6) is 0. The second-order valence-corrected chi connectivity index (χ2v) is 3.15. The lowest BCUT2D eigenvalue weighted by atomic mass is 9.96. The van der Waals surface area contributed by atoms with Crippen LogP contribution < -0.4 is 0 Å². The zero-order valence-corrected chi connectivity index (χ0v) is 6.76. The minimum atomic E-state index is -0.319. The van der Waals surface area contributed by atoms with Crippen LogP contribution in [0.1, 0.15) is 32.6 Å². The van der Waals surface area contributed by atoms with Gasteiger partial charge >= 0.3 is 0 Å². The van der Waals surface area contributed by atoms with Gasteiger partial charge in [0.05, 0.1) is 11.7 Å². The van der Waals surface area contributed by atoms with Crippen LogP contribution in [0, 0.1) is 0 Å². The molecule has 1 aliphatic carbocycles. The summed E-state index contributed by atoms with van der Waals surface area (Å²) in [6, 6.07) is 0. The molecule has 0 aromatic carbocycles. The average molecular weight is 144 g/mol. The molecule has 60 valence electrons. The fourth-order valence-electron chi connectivity index (χ4n) is 1.77. The number of ether oxygens (including phenoxy) is 1. The van der Waals surface area contributed by atoms with Gasteiger partial charge in [0.2, 0.25) is 0 Å². The van der Waals surface area contributed by atoms with Crippen LogP contribution in [0.25, 0.3) is 0 Å². The lowest BCUT2D eigenvalue weighted by Gasteiger charge is -2.30. The Hall–Kier alpha value is -0.0800. The van der Waals surface area contributed by atoms with Crippen LogP contribution in [0.2, 0.25) is 0 Å². The van der Waals surface area contributed by atoms with Crippen LogP contribution in [-0.2, 0) is 4.74 Å². The van der Waals surface area contributed by atoms with E-state index >= 15 is 0 Å². The number of aliphatic hydroxyl groups is 1. The monoisotopic (exact) mass is 144 g/mol. The van der Waals surface area contributed by atoms with E-state index in [1.807, 2.05) is 6.92 Å². The summed E-state index contributed by atoms with van der Waals surface area (Å²) < 4.78 is 5.31.